The Morgan fingerprint density at radius 3 is 1.89 bits per heavy atom. The summed E-state index contributed by atoms with van der Waals surface area (Å²) < 4.78 is 22.2. The van der Waals surface area contributed by atoms with E-state index < -0.39 is 11.6 Å². The van der Waals surface area contributed by atoms with Crippen molar-refractivity contribution in [2.24, 2.45) is 5.10 Å². The maximum Gasteiger partial charge on any atom is 0.279 e. The molecule has 1 amide bonds. The van der Waals surface area contributed by atoms with Gasteiger partial charge in [-0.15, -0.1) is 0 Å². The summed E-state index contributed by atoms with van der Waals surface area (Å²) in [5, 5.41) is 8.47. The number of rotatable bonds is 12. The lowest BCUT2D eigenvalue weighted by atomic mass is 9.73. The van der Waals surface area contributed by atoms with E-state index >= 15 is 0 Å². The lowest BCUT2D eigenvalue weighted by Gasteiger charge is -2.45. The molecule has 9 heteroatoms. The number of hydrogen-bond acceptors (Lipinski definition) is 8. The van der Waals surface area contributed by atoms with Crippen LogP contribution in [0.25, 0.3) is 0 Å². The summed E-state index contributed by atoms with van der Waals surface area (Å²) in [6.07, 6.45) is 7.06. The highest BCUT2D eigenvalue weighted by Crippen LogP contribution is 2.48. The molecule has 5 rings (SSSR count). The Morgan fingerprint density at radius 1 is 0.822 bits per heavy atom. The molecular weight excluding hydrogens is 570 g/mol. The highest BCUT2D eigenvalue weighted by Gasteiger charge is 2.46. The summed E-state index contributed by atoms with van der Waals surface area (Å²) in [6.45, 7) is 0.634. The topological polar surface area (TPSA) is 82.1 Å². The number of hydrazone groups is 1. The van der Waals surface area contributed by atoms with Gasteiger partial charge in [0.05, 0.1) is 34.2 Å². The van der Waals surface area contributed by atoms with Crippen molar-refractivity contribution in [1.82, 2.24) is 10.1 Å². The second kappa shape index (κ2) is 14.0. The number of amides is 1. The minimum Gasteiger partial charge on any atom is -0.501 e. The predicted molar refractivity (Wildman–Crippen MR) is 173 cm³/mol. The van der Waals surface area contributed by atoms with Crippen LogP contribution in [-0.4, -0.2) is 71.3 Å². The summed E-state index contributed by atoms with van der Waals surface area (Å²) in [4.78, 5) is 17.8. The van der Waals surface area contributed by atoms with Gasteiger partial charge in [-0.05, 0) is 64.6 Å². The Hall–Kier alpha value is -4.60. The number of nitrogens with zero attached hydrogens (tertiary/aromatic N) is 3. The molecule has 45 heavy (non-hydrogen) atoms. The van der Waals surface area contributed by atoms with Gasteiger partial charge < -0.3 is 18.9 Å². The normalized spacial score (nSPS) is 16.9. The van der Waals surface area contributed by atoms with E-state index in [1.807, 2.05) is 54.7 Å². The van der Waals surface area contributed by atoms with E-state index in [9.17, 15) is 4.79 Å². The highest BCUT2D eigenvalue weighted by molar-refractivity contribution is 5.81. The number of allylic oxidation sites excluding steroid dienone is 3. The van der Waals surface area contributed by atoms with Crippen LogP contribution < -0.4 is 9.47 Å². The molecular formula is C36H41N3O6. The van der Waals surface area contributed by atoms with Crippen molar-refractivity contribution in [2.45, 2.75) is 30.4 Å². The van der Waals surface area contributed by atoms with E-state index in [0.717, 1.165) is 52.4 Å². The summed E-state index contributed by atoms with van der Waals surface area (Å²) in [5.74, 6) is 2.26. The number of likely N-dealkylation sites (N-methyl/N-ethyl adjacent to an activating group) is 1. The van der Waals surface area contributed by atoms with Crippen LogP contribution in [0.1, 0.15) is 47.1 Å². The Balaban J connectivity index is 1.56. The molecule has 2 atom stereocenters. The molecule has 0 radical (unpaired) electrons. The first-order valence-electron chi connectivity index (χ1n) is 14.9. The van der Waals surface area contributed by atoms with Gasteiger partial charge in [0.2, 0.25) is 0 Å². The quantitative estimate of drug-likeness (QED) is 0.233. The van der Waals surface area contributed by atoms with E-state index in [-0.39, 0.29) is 11.8 Å². The maximum absolute atomic E-state index is 12.8. The van der Waals surface area contributed by atoms with Gasteiger partial charge >= 0.3 is 0 Å². The Labute approximate surface area is 265 Å². The molecule has 0 bridgehead atoms. The third-order valence-electron chi connectivity index (χ3n) is 8.71. The second-order valence-corrected chi connectivity index (χ2v) is 11.0. The molecule has 0 spiro atoms. The fourth-order valence-electron chi connectivity index (χ4n) is 6.16. The van der Waals surface area contributed by atoms with E-state index in [1.54, 1.807) is 28.4 Å². The first-order chi connectivity index (χ1) is 21.9. The van der Waals surface area contributed by atoms with Gasteiger partial charge in [-0.3, -0.25) is 14.6 Å². The highest BCUT2D eigenvalue weighted by atomic mass is 16.7. The van der Waals surface area contributed by atoms with Crippen molar-refractivity contribution in [1.29, 1.82) is 0 Å². The van der Waals surface area contributed by atoms with Gasteiger partial charge in [0.1, 0.15) is 17.0 Å². The molecule has 3 aromatic carbocycles. The largest absolute Gasteiger partial charge is 0.501 e. The third kappa shape index (κ3) is 6.18. The molecule has 1 heterocycles. The predicted octanol–water partition coefficient (Wildman–Crippen LogP) is 5.99. The minimum absolute atomic E-state index is 0.0162. The molecule has 0 N–H and O–H groups in total. The number of hydrogen-bond donors (Lipinski definition) is 0. The zero-order valence-corrected chi connectivity index (χ0v) is 26.7. The number of carbonyl (C=O) groups is 1. The Kier molecular flexibility index (Phi) is 9.90. The number of ether oxygens (including phenoxy) is 4. The minimum atomic E-state index is -0.765. The van der Waals surface area contributed by atoms with Crippen molar-refractivity contribution in [3.63, 3.8) is 0 Å². The Morgan fingerprint density at radius 2 is 1.42 bits per heavy atom. The fourth-order valence-corrected chi connectivity index (χ4v) is 6.16. The van der Waals surface area contributed by atoms with E-state index in [1.165, 1.54) is 24.9 Å². The van der Waals surface area contributed by atoms with Crippen LogP contribution in [0, 0.1) is 0 Å². The van der Waals surface area contributed by atoms with E-state index in [2.05, 4.69) is 41.4 Å². The van der Waals surface area contributed by atoms with Gasteiger partial charge in [0.15, 0.2) is 6.10 Å². The zero-order chi connectivity index (χ0) is 32.0. The zero-order valence-electron chi connectivity index (χ0n) is 26.7. The van der Waals surface area contributed by atoms with Gasteiger partial charge in [-0.25, -0.2) is 5.06 Å². The van der Waals surface area contributed by atoms with Crippen LogP contribution in [0.3, 0.4) is 0 Å². The summed E-state index contributed by atoms with van der Waals surface area (Å²) >= 11 is 0. The lowest BCUT2D eigenvalue weighted by molar-refractivity contribution is -0.179. The van der Waals surface area contributed by atoms with Crippen molar-refractivity contribution in [3.8, 4) is 11.5 Å². The molecule has 236 valence electrons. The van der Waals surface area contributed by atoms with Crippen molar-refractivity contribution in [3.05, 3.63) is 119 Å². The molecule has 9 nitrogen and oxygen atoms in total. The lowest BCUT2D eigenvalue weighted by Crippen LogP contribution is -2.46. The molecule has 0 saturated heterocycles. The first kappa shape index (κ1) is 31.8. The third-order valence-corrected chi connectivity index (χ3v) is 8.71. The number of methoxy groups -OCH3 is 4. The molecule has 1 aliphatic carbocycles. The molecule has 0 saturated carbocycles. The van der Waals surface area contributed by atoms with Crippen molar-refractivity contribution in [2.75, 3.05) is 49.1 Å². The van der Waals surface area contributed by atoms with Gasteiger partial charge in [-0.2, -0.15) is 5.10 Å². The maximum atomic E-state index is 12.8. The van der Waals surface area contributed by atoms with Gasteiger partial charge in [0.25, 0.3) is 5.91 Å². The summed E-state index contributed by atoms with van der Waals surface area (Å²) in [7, 11) is 9.60. The van der Waals surface area contributed by atoms with Crippen LogP contribution in [-0.2, 0) is 24.6 Å². The van der Waals surface area contributed by atoms with Crippen LogP contribution in [0.2, 0.25) is 0 Å². The number of benzene rings is 3. The molecule has 1 aliphatic heterocycles. The fraction of sp³-hybridized carbons (Fsp3) is 0.333. The van der Waals surface area contributed by atoms with Crippen LogP contribution >= 0.6 is 0 Å². The van der Waals surface area contributed by atoms with Crippen LogP contribution in [0.4, 0.5) is 0 Å². The summed E-state index contributed by atoms with van der Waals surface area (Å²) in [6, 6.07) is 24.4. The Bertz CT molecular complexity index is 1500. The summed E-state index contributed by atoms with van der Waals surface area (Å²) in [5.41, 5.74) is 4.48. The SMILES string of the molecule is COC1=CC=C(C(c2ccc(OC)cc2)(c2ccc(OC)cc2)N2CC(c3ccc(C(OC)C(=O)N(C)OC)cc3)C=N2)CC1. The van der Waals surface area contributed by atoms with Crippen molar-refractivity contribution < 1.29 is 28.6 Å². The second-order valence-electron chi connectivity index (χ2n) is 11.0. The van der Waals surface area contributed by atoms with Gasteiger partial charge in [0, 0.05) is 39.3 Å². The van der Waals surface area contributed by atoms with Crippen LogP contribution in [0.15, 0.2) is 101 Å². The molecule has 0 fully saturated rings. The first-order valence-corrected chi connectivity index (χ1v) is 14.9. The molecule has 2 unspecified atom stereocenters. The van der Waals surface area contributed by atoms with Crippen molar-refractivity contribution >= 4 is 12.1 Å². The molecule has 0 aromatic heterocycles. The number of hydroxylamine groups is 2. The average Bonchev–Trinajstić information content (AvgIpc) is 3.60. The van der Waals surface area contributed by atoms with E-state index in [4.69, 9.17) is 28.9 Å². The van der Waals surface area contributed by atoms with E-state index in [0.29, 0.717) is 6.54 Å². The molecule has 2 aliphatic rings. The standard InChI is InChI=1S/C36H41N3O6/c1-38(45-6)35(40)34(44-5)26-9-7-25(8-10-26)27-23-37-39(24-27)36(28-11-17-31(41-2)18-12-28,29-13-19-32(42-3)20-14-29)30-15-21-33(43-4)22-16-30/h7-15,17-21,23,27,34H,16,22,24H2,1-6H3. The van der Waals surface area contributed by atoms with Gasteiger partial charge in [-0.1, -0.05) is 54.6 Å². The van der Waals surface area contributed by atoms with Crippen LogP contribution in [0.5, 0.6) is 11.5 Å². The smallest absolute Gasteiger partial charge is 0.279 e. The monoisotopic (exact) mass is 611 g/mol. The number of carbonyl (C=O) groups excluding carboxylic acids is 1. The molecule has 3 aromatic rings. The average molecular weight is 612 g/mol.